The second-order valence-corrected chi connectivity index (χ2v) is 7.10. The predicted octanol–water partition coefficient (Wildman–Crippen LogP) is 4.35. The van der Waals surface area contributed by atoms with Gasteiger partial charge in [0.1, 0.15) is 5.75 Å². The number of hydrogen-bond donors (Lipinski definition) is 0. The van der Waals surface area contributed by atoms with Gasteiger partial charge < -0.3 is 9.64 Å². The third-order valence-corrected chi connectivity index (χ3v) is 5.23. The number of halogens is 1. The van der Waals surface area contributed by atoms with Crippen LogP contribution in [0.5, 0.6) is 5.75 Å². The Morgan fingerprint density at radius 2 is 2.11 bits per heavy atom. The quantitative estimate of drug-likeness (QED) is 0.563. The van der Waals surface area contributed by atoms with Gasteiger partial charge in [-0.25, -0.2) is 0 Å². The lowest BCUT2D eigenvalue weighted by molar-refractivity contribution is -0.384. The number of methoxy groups -OCH3 is 1. The van der Waals surface area contributed by atoms with Crippen LogP contribution >= 0.6 is 11.6 Å². The normalized spacial score (nSPS) is 16.8. The Hall–Kier alpha value is -2.60. The number of hydrogen-bond acceptors (Lipinski definition) is 4. The van der Waals surface area contributed by atoms with Gasteiger partial charge in [0.05, 0.1) is 22.6 Å². The molecule has 1 unspecified atom stereocenters. The number of carbonyl (C=O) groups excluding carboxylic acids is 1. The number of carbonyl (C=O) groups is 1. The summed E-state index contributed by atoms with van der Waals surface area (Å²) in [4.78, 5) is 25.1. The van der Waals surface area contributed by atoms with E-state index in [9.17, 15) is 14.9 Å². The van der Waals surface area contributed by atoms with Gasteiger partial charge in [0.2, 0.25) is 0 Å². The van der Waals surface area contributed by atoms with Crippen LogP contribution in [0.15, 0.2) is 42.5 Å². The SMILES string of the molecule is COc1ccccc1CC1CCCN(C(=O)c2cc([N+](=O)[O-])ccc2Cl)C1. The van der Waals surface area contributed by atoms with Gasteiger partial charge in [0.15, 0.2) is 0 Å². The number of nitro benzene ring substituents is 1. The maximum absolute atomic E-state index is 12.9. The lowest BCUT2D eigenvalue weighted by Crippen LogP contribution is -2.40. The largest absolute Gasteiger partial charge is 0.496 e. The second-order valence-electron chi connectivity index (χ2n) is 6.70. The summed E-state index contributed by atoms with van der Waals surface area (Å²) in [5, 5.41) is 11.2. The topological polar surface area (TPSA) is 72.7 Å². The molecule has 6 nitrogen and oxygen atoms in total. The number of nitro groups is 1. The molecule has 0 N–H and O–H groups in total. The van der Waals surface area contributed by atoms with Crippen molar-refractivity contribution >= 4 is 23.2 Å². The number of rotatable bonds is 5. The van der Waals surface area contributed by atoms with E-state index in [0.29, 0.717) is 19.0 Å². The lowest BCUT2D eigenvalue weighted by Gasteiger charge is -2.33. The number of piperidine rings is 1. The summed E-state index contributed by atoms with van der Waals surface area (Å²) in [5.74, 6) is 0.896. The van der Waals surface area contributed by atoms with Gasteiger partial charge in [-0.1, -0.05) is 29.8 Å². The highest BCUT2D eigenvalue weighted by Crippen LogP contribution is 2.29. The van der Waals surface area contributed by atoms with Crippen molar-refractivity contribution < 1.29 is 14.5 Å². The van der Waals surface area contributed by atoms with Crippen LogP contribution in [0.1, 0.15) is 28.8 Å². The molecule has 2 aromatic carbocycles. The fourth-order valence-corrected chi connectivity index (χ4v) is 3.76. The Labute approximate surface area is 162 Å². The lowest BCUT2D eigenvalue weighted by atomic mass is 9.90. The third-order valence-electron chi connectivity index (χ3n) is 4.90. The van der Waals surface area contributed by atoms with Crippen LogP contribution in [0, 0.1) is 16.0 Å². The van der Waals surface area contributed by atoms with E-state index in [0.717, 1.165) is 30.6 Å². The van der Waals surface area contributed by atoms with E-state index in [2.05, 4.69) is 0 Å². The fraction of sp³-hybridized carbons (Fsp3) is 0.350. The first kappa shape index (κ1) is 19.2. The van der Waals surface area contributed by atoms with E-state index in [4.69, 9.17) is 16.3 Å². The van der Waals surface area contributed by atoms with Crippen molar-refractivity contribution in [3.63, 3.8) is 0 Å². The average Bonchev–Trinajstić information content (AvgIpc) is 2.68. The first-order chi connectivity index (χ1) is 13.0. The summed E-state index contributed by atoms with van der Waals surface area (Å²) in [5.41, 5.74) is 1.17. The van der Waals surface area contributed by atoms with Crippen LogP contribution in [0.3, 0.4) is 0 Å². The van der Waals surface area contributed by atoms with Crippen molar-refractivity contribution in [1.29, 1.82) is 0 Å². The van der Waals surface area contributed by atoms with E-state index in [1.165, 1.54) is 18.2 Å². The number of benzene rings is 2. The molecule has 1 aliphatic rings. The van der Waals surface area contributed by atoms with Crippen LogP contribution in [0.25, 0.3) is 0 Å². The molecule has 0 aliphatic carbocycles. The summed E-state index contributed by atoms with van der Waals surface area (Å²) < 4.78 is 5.42. The Bertz CT molecular complexity index is 856. The van der Waals surface area contributed by atoms with E-state index in [1.807, 2.05) is 24.3 Å². The third kappa shape index (κ3) is 4.39. The van der Waals surface area contributed by atoms with Crippen LogP contribution < -0.4 is 4.74 Å². The molecule has 0 spiro atoms. The highest BCUT2D eigenvalue weighted by molar-refractivity contribution is 6.33. The van der Waals surface area contributed by atoms with Crippen LogP contribution in [-0.2, 0) is 6.42 Å². The Morgan fingerprint density at radius 3 is 2.85 bits per heavy atom. The minimum absolute atomic E-state index is 0.134. The van der Waals surface area contributed by atoms with E-state index in [-0.39, 0.29) is 22.2 Å². The first-order valence-electron chi connectivity index (χ1n) is 8.84. The number of ether oxygens (including phenoxy) is 1. The molecule has 1 fully saturated rings. The maximum atomic E-state index is 12.9. The Balaban J connectivity index is 1.75. The summed E-state index contributed by atoms with van der Waals surface area (Å²) in [6, 6.07) is 11.9. The number of non-ortho nitro benzene ring substituents is 1. The molecule has 0 saturated carbocycles. The molecule has 142 valence electrons. The summed E-state index contributed by atoms with van der Waals surface area (Å²) in [6.45, 7) is 1.22. The fourth-order valence-electron chi connectivity index (χ4n) is 3.56. The minimum Gasteiger partial charge on any atom is -0.496 e. The molecular weight excluding hydrogens is 368 g/mol. The molecule has 3 rings (SSSR count). The van der Waals surface area contributed by atoms with Gasteiger partial charge in [-0.2, -0.15) is 0 Å². The molecule has 1 heterocycles. The molecule has 0 bridgehead atoms. The summed E-state index contributed by atoms with van der Waals surface area (Å²) in [6.07, 6.45) is 2.72. The summed E-state index contributed by atoms with van der Waals surface area (Å²) in [7, 11) is 1.65. The van der Waals surface area contributed by atoms with Crippen molar-refractivity contribution in [2.24, 2.45) is 5.92 Å². The molecule has 1 saturated heterocycles. The molecule has 0 aromatic heterocycles. The van der Waals surface area contributed by atoms with E-state index >= 15 is 0 Å². The molecule has 1 aliphatic heterocycles. The zero-order valence-corrected chi connectivity index (χ0v) is 15.8. The smallest absolute Gasteiger partial charge is 0.270 e. The first-order valence-corrected chi connectivity index (χ1v) is 9.22. The van der Waals surface area contributed by atoms with Gasteiger partial charge in [0.25, 0.3) is 11.6 Å². The highest BCUT2D eigenvalue weighted by Gasteiger charge is 2.27. The zero-order chi connectivity index (χ0) is 19.4. The molecule has 0 radical (unpaired) electrons. The van der Waals surface area contributed by atoms with Crippen molar-refractivity contribution in [2.45, 2.75) is 19.3 Å². The van der Waals surface area contributed by atoms with Gasteiger partial charge in [0, 0.05) is 25.2 Å². The minimum atomic E-state index is -0.520. The Morgan fingerprint density at radius 1 is 1.33 bits per heavy atom. The second kappa shape index (κ2) is 8.39. The van der Waals surface area contributed by atoms with Gasteiger partial charge in [-0.3, -0.25) is 14.9 Å². The van der Waals surface area contributed by atoms with Crippen molar-refractivity contribution in [3.8, 4) is 5.75 Å². The maximum Gasteiger partial charge on any atom is 0.270 e. The number of amides is 1. The molecule has 27 heavy (non-hydrogen) atoms. The molecule has 1 amide bonds. The number of likely N-dealkylation sites (tertiary alicyclic amines) is 1. The van der Waals surface area contributed by atoms with Crippen molar-refractivity contribution in [3.05, 3.63) is 68.7 Å². The van der Waals surface area contributed by atoms with Gasteiger partial charge >= 0.3 is 0 Å². The predicted molar refractivity (Wildman–Crippen MR) is 103 cm³/mol. The molecular formula is C20H21ClN2O4. The summed E-state index contributed by atoms with van der Waals surface area (Å²) >= 11 is 6.13. The van der Waals surface area contributed by atoms with Crippen LogP contribution in [0.4, 0.5) is 5.69 Å². The Kier molecular flexibility index (Phi) is 5.96. The average molecular weight is 389 g/mol. The molecule has 7 heteroatoms. The highest BCUT2D eigenvalue weighted by atomic mass is 35.5. The van der Waals surface area contributed by atoms with Crippen LogP contribution in [-0.4, -0.2) is 35.9 Å². The molecule has 2 aromatic rings. The van der Waals surface area contributed by atoms with E-state index < -0.39 is 4.92 Å². The number of nitrogens with zero attached hydrogens (tertiary/aromatic N) is 2. The van der Waals surface area contributed by atoms with Gasteiger partial charge in [-0.15, -0.1) is 0 Å². The van der Waals surface area contributed by atoms with E-state index in [1.54, 1.807) is 12.0 Å². The zero-order valence-electron chi connectivity index (χ0n) is 15.1. The van der Waals surface area contributed by atoms with Crippen molar-refractivity contribution in [1.82, 2.24) is 4.90 Å². The monoisotopic (exact) mass is 388 g/mol. The van der Waals surface area contributed by atoms with Crippen molar-refractivity contribution in [2.75, 3.05) is 20.2 Å². The van der Waals surface area contributed by atoms with Gasteiger partial charge in [-0.05, 0) is 42.9 Å². The molecule has 1 atom stereocenters. The number of para-hydroxylation sites is 1. The van der Waals surface area contributed by atoms with Crippen LogP contribution in [0.2, 0.25) is 5.02 Å². The standard InChI is InChI=1S/C20H21ClN2O4/c1-27-19-7-3-2-6-15(19)11-14-5-4-10-22(13-14)20(24)17-12-16(23(25)26)8-9-18(17)21/h2-3,6-9,12,14H,4-5,10-11,13H2,1H3.